The molecule has 0 saturated carbocycles. The van der Waals surface area contributed by atoms with Crippen molar-refractivity contribution in [2.75, 3.05) is 10.6 Å². The fraction of sp³-hybridized carbons (Fsp3) is 0.0500. The summed E-state index contributed by atoms with van der Waals surface area (Å²) in [5.41, 5.74) is 0.867. The molecule has 0 aliphatic rings. The molecule has 0 aliphatic carbocycles. The first-order valence-corrected chi connectivity index (χ1v) is 8.29. The molecule has 27 heavy (non-hydrogen) atoms. The van der Waals surface area contributed by atoms with Crippen LogP contribution in [-0.4, -0.2) is 21.6 Å². The molecule has 2 amide bonds. The van der Waals surface area contributed by atoms with Gasteiger partial charge in [0.1, 0.15) is 5.82 Å². The summed E-state index contributed by atoms with van der Waals surface area (Å²) in [6, 6.07) is 18.3. The quantitative estimate of drug-likeness (QED) is 0.581. The van der Waals surface area contributed by atoms with E-state index in [0.717, 1.165) is 10.8 Å². The fourth-order valence-electron chi connectivity index (χ4n) is 2.74. The Labute approximate surface area is 154 Å². The Hall–Kier alpha value is -3.87. The number of fused-ring (bicyclic) bond motifs is 1. The Morgan fingerprint density at radius 2 is 1.74 bits per heavy atom. The normalized spacial score (nSPS) is 10.7. The zero-order valence-electron chi connectivity index (χ0n) is 14.5. The summed E-state index contributed by atoms with van der Waals surface area (Å²) in [4.78, 5) is 24.6. The van der Waals surface area contributed by atoms with Gasteiger partial charge in [-0.2, -0.15) is 5.10 Å². The fourth-order valence-corrected chi connectivity index (χ4v) is 2.74. The van der Waals surface area contributed by atoms with E-state index in [1.807, 2.05) is 42.5 Å². The molecule has 2 aromatic heterocycles. The van der Waals surface area contributed by atoms with Gasteiger partial charge < -0.3 is 15.1 Å². The molecule has 4 rings (SSSR count). The zero-order valence-corrected chi connectivity index (χ0v) is 14.5. The lowest BCUT2D eigenvalue weighted by Gasteiger charge is -2.05. The van der Waals surface area contributed by atoms with Crippen LogP contribution in [0.2, 0.25) is 0 Å². The molecule has 0 spiro atoms. The predicted octanol–water partition coefficient (Wildman–Crippen LogP) is 3.67. The minimum atomic E-state index is -0.413. The lowest BCUT2D eigenvalue weighted by molar-refractivity contribution is 0.0993. The Bertz CT molecular complexity index is 1130. The molecular formula is C20H16N4O3. The molecule has 7 nitrogen and oxygen atoms in total. The van der Waals surface area contributed by atoms with E-state index in [1.54, 1.807) is 19.2 Å². The van der Waals surface area contributed by atoms with Gasteiger partial charge in [-0.05, 0) is 35.0 Å². The number of anilines is 2. The number of nitrogens with zero attached hydrogens (tertiary/aromatic N) is 2. The number of aryl methyl sites for hydroxylation is 1. The van der Waals surface area contributed by atoms with Gasteiger partial charge in [-0.3, -0.25) is 14.3 Å². The second-order valence-electron chi connectivity index (χ2n) is 5.99. The first kappa shape index (κ1) is 16.6. The molecule has 0 bridgehead atoms. The Balaban J connectivity index is 1.51. The number of furan rings is 1. The third kappa shape index (κ3) is 3.43. The molecule has 0 saturated heterocycles. The van der Waals surface area contributed by atoms with Crippen LogP contribution in [0.25, 0.3) is 10.8 Å². The molecule has 0 atom stereocenters. The average Bonchev–Trinajstić information content (AvgIpc) is 3.32. The predicted molar refractivity (Wildman–Crippen MR) is 102 cm³/mol. The van der Waals surface area contributed by atoms with Crippen molar-refractivity contribution in [1.82, 2.24) is 9.78 Å². The second kappa shape index (κ2) is 6.80. The molecule has 7 heteroatoms. The van der Waals surface area contributed by atoms with E-state index in [9.17, 15) is 9.59 Å². The minimum Gasteiger partial charge on any atom is -0.459 e. The van der Waals surface area contributed by atoms with Crippen LogP contribution in [0.1, 0.15) is 21.0 Å². The number of amides is 2. The molecule has 2 N–H and O–H groups in total. The van der Waals surface area contributed by atoms with E-state index < -0.39 is 5.91 Å². The van der Waals surface area contributed by atoms with Gasteiger partial charge in [-0.1, -0.05) is 30.3 Å². The summed E-state index contributed by atoms with van der Waals surface area (Å²) < 4.78 is 6.48. The number of carbonyl (C=O) groups excluding carboxylic acids is 2. The standard InChI is InChI=1S/C20H16N4O3/c1-24-18(22-20(26)17-7-4-10-27-17)12-16(23-24)19(25)21-15-9-8-13-5-2-3-6-14(13)11-15/h2-12H,1H3,(H,21,25)(H,22,26). The maximum absolute atomic E-state index is 12.5. The number of hydrogen-bond donors (Lipinski definition) is 2. The Morgan fingerprint density at radius 3 is 2.52 bits per heavy atom. The third-order valence-electron chi connectivity index (χ3n) is 4.11. The first-order valence-electron chi connectivity index (χ1n) is 8.29. The summed E-state index contributed by atoms with van der Waals surface area (Å²) in [5, 5.41) is 11.8. The second-order valence-corrected chi connectivity index (χ2v) is 5.99. The van der Waals surface area contributed by atoms with Crippen molar-refractivity contribution in [3.8, 4) is 0 Å². The molecule has 2 heterocycles. The van der Waals surface area contributed by atoms with Gasteiger partial charge in [-0.15, -0.1) is 0 Å². The SMILES string of the molecule is Cn1nc(C(=O)Nc2ccc3ccccc3c2)cc1NC(=O)c1ccco1. The van der Waals surface area contributed by atoms with Crippen molar-refractivity contribution in [2.24, 2.45) is 7.05 Å². The zero-order chi connectivity index (χ0) is 18.8. The highest BCUT2D eigenvalue weighted by atomic mass is 16.3. The van der Waals surface area contributed by atoms with Crippen molar-refractivity contribution < 1.29 is 14.0 Å². The topological polar surface area (TPSA) is 89.2 Å². The van der Waals surface area contributed by atoms with Gasteiger partial charge >= 0.3 is 0 Å². The van der Waals surface area contributed by atoms with Crippen LogP contribution in [0.5, 0.6) is 0 Å². The van der Waals surface area contributed by atoms with Crippen LogP contribution in [0.15, 0.2) is 71.3 Å². The van der Waals surface area contributed by atoms with Gasteiger partial charge in [0.2, 0.25) is 0 Å². The van der Waals surface area contributed by atoms with Gasteiger partial charge in [-0.25, -0.2) is 0 Å². The maximum atomic E-state index is 12.5. The summed E-state index contributed by atoms with van der Waals surface area (Å²) in [5.74, 6) is -0.206. The monoisotopic (exact) mass is 360 g/mol. The van der Waals surface area contributed by atoms with Gasteiger partial charge in [0.15, 0.2) is 11.5 Å². The first-order chi connectivity index (χ1) is 13.1. The van der Waals surface area contributed by atoms with Crippen LogP contribution >= 0.6 is 0 Å². The lowest BCUT2D eigenvalue weighted by Crippen LogP contribution is -2.13. The van der Waals surface area contributed by atoms with Crippen molar-refractivity contribution in [1.29, 1.82) is 0 Å². The molecule has 0 unspecified atom stereocenters. The number of aromatic nitrogens is 2. The smallest absolute Gasteiger partial charge is 0.292 e. The molecule has 134 valence electrons. The minimum absolute atomic E-state index is 0.179. The van der Waals surface area contributed by atoms with Crippen LogP contribution in [-0.2, 0) is 7.05 Å². The number of hydrogen-bond acceptors (Lipinski definition) is 4. The van der Waals surface area contributed by atoms with E-state index in [-0.39, 0.29) is 17.4 Å². The highest BCUT2D eigenvalue weighted by Gasteiger charge is 2.16. The lowest BCUT2D eigenvalue weighted by atomic mass is 10.1. The summed E-state index contributed by atoms with van der Waals surface area (Å²) in [6.45, 7) is 0. The van der Waals surface area contributed by atoms with E-state index in [4.69, 9.17) is 4.42 Å². The molecular weight excluding hydrogens is 344 g/mol. The van der Waals surface area contributed by atoms with Crippen LogP contribution in [0, 0.1) is 0 Å². The molecule has 0 aliphatic heterocycles. The molecule has 4 aromatic rings. The third-order valence-corrected chi connectivity index (χ3v) is 4.11. The molecule has 0 radical (unpaired) electrons. The Morgan fingerprint density at radius 1 is 0.926 bits per heavy atom. The highest BCUT2D eigenvalue weighted by molar-refractivity contribution is 6.06. The van der Waals surface area contributed by atoms with Crippen molar-refractivity contribution in [2.45, 2.75) is 0 Å². The van der Waals surface area contributed by atoms with E-state index >= 15 is 0 Å². The summed E-state index contributed by atoms with van der Waals surface area (Å²) in [6.07, 6.45) is 1.42. The van der Waals surface area contributed by atoms with Crippen molar-refractivity contribution in [3.63, 3.8) is 0 Å². The highest BCUT2D eigenvalue weighted by Crippen LogP contribution is 2.20. The number of benzene rings is 2. The summed E-state index contributed by atoms with van der Waals surface area (Å²) >= 11 is 0. The average molecular weight is 360 g/mol. The number of carbonyl (C=O) groups is 2. The van der Waals surface area contributed by atoms with Crippen molar-refractivity contribution in [3.05, 3.63) is 78.4 Å². The summed E-state index contributed by atoms with van der Waals surface area (Å²) in [7, 11) is 1.64. The van der Waals surface area contributed by atoms with Crippen LogP contribution < -0.4 is 10.6 Å². The van der Waals surface area contributed by atoms with E-state index in [1.165, 1.54) is 17.0 Å². The van der Waals surface area contributed by atoms with Gasteiger partial charge in [0.25, 0.3) is 11.8 Å². The van der Waals surface area contributed by atoms with Gasteiger partial charge in [0.05, 0.1) is 6.26 Å². The van der Waals surface area contributed by atoms with Crippen LogP contribution in [0.4, 0.5) is 11.5 Å². The van der Waals surface area contributed by atoms with Gasteiger partial charge in [0, 0.05) is 18.8 Å². The molecule has 2 aromatic carbocycles. The largest absolute Gasteiger partial charge is 0.459 e. The number of rotatable bonds is 4. The number of nitrogens with one attached hydrogen (secondary N) is 2. The van der Waals surface area contributed by atoms with E-state index in [0.29, 0.717) is 11.5 Å². The van der Waals surface area contributed by atoms with E-state index in [2.05, 4.69) is 15.7 Å². The van der Waals surface area contributed by atoms with Crippen LogP contribution in [0.3, 0.4) is 0 Å². The maximum Gasteiger partial charge on any atom is 0.292 e. The van der Waals surface area contributed by atoms with Crippen molar-refractivity contribution >= 4 is 34.1 Å². The Kier molecular flexibility index (Phi) is 4.18. The molecule has 0 fully saturated rings.